The summed E-state index contributed by atoms with van der Waals surface area (Å²) >= 11 is -4.69. The van der Waals surface area contributed by atoms with E-state index in [9.17, 15) is 52.1 Å². The van der Waals surface area contributed by atoms with Crippen molar-refractivity contribution in [3.05, 3.63) is 0 Å². The Hall–Kier alpha value is -0.690. The number of alkyl halides is 9. The van der Waals surface area contributed by atoms with Gasteiger partial charge in [0.15, 0.2) is 11.1 Å². The van der Waals surface area contributed by atoms with Gasteiger partial charge in [0.05, 0.1) is 0 Å². The molecule has 0 aromatic rings. The third-order valence-corrected chi connectivity index (χ3v) is 4.63. The molecule has 0 fully saturated rings. The van der Waals surface area contributed by atoms with E-state index in [-0.39, 0.29) is 0 Å². The lowest BCUT2D eigenvalue weighted by Crippen LogP contribution is -2.76. The quantitative estimate of drug-likeness (QED) is 0.260. The Labute approximate surface area is 135 Å². The van der Waals surface area contributed by atoms with Gasteiger partial charge in [0.25, 0.3) is 10.1 Å². The number of nitrogens with two attached hydrogens (primary N) is 1. The van der Waals surface area contributed by atoms with Crippen LogP contribution in [-0.2, 0) is 21.2 Å². The lowest BCUT2D eigenvalue weighted by molar-refractivity contribution is -0.402. The summed E-state index contributed by atoms with van der Waals surface area (Å²) < 4.78 is 164. The minimum atomic E-state index is -7.51. The van der Waals surface area contributed by atoms with Crippen LogP contribution in [0.25, 0.3) is 0 Å². The molecule has 0 aliphatic heterocycles. The zero-order valence-corrected chi connectivity index (χ0v) is 12.8. The summed E-state index contributed by atoms with van der Waals surface area (Å²) in [6.45, 7) is 0. The smallest absolute Gasteiger partial charge is 0.389 e. The highest BCUT2D eigenvalue weighted by atomic mass is 32.2. The van der Waals surface area contributed by atoms with E-state index in [0.717, 1.165) is 0 Å². The Balaban J connectivity index is 6.51. The van der Waals surface area contributed by atoms with Crippen molar-refractivity contribution < 1.29 is 66.4 Å². The molecule has 0 saturated carbocycles. The average Bonchev–Trinajstić information content (AvgIpc) is 2.32. The second-order valence-corrected chi connectivity index (χ2v) is 7.20. The van der Waals surface area contributed by atoms with Crippen molar-refractivity contribution in [3.63, 3.8) is 0 Å². The first-order chi connectivity index (χ1) is 10.6. The Morgan fingerprint density at radius 2 is 1.28 bits per heavy atom. The predicted octanol–water partition coefficient (Wildman–Crippen LogP) is 0.580. The average molecular weight is 437 g/mol. The molecule has 5 N–H and O–H groups in total. The largest absolute Gasteiger partial charge is 0.460 e. The monoisotopic (exact) mass is 437 g/mol. The van der Waals surface area contributed by atoms with Crippen LogP contribution in [0.1, 0.15) is 0 Å². The molecule has 0 radical (unpaired) electrons. The van der Waals surface area contributed by atoms with E-state index in [2.05, 4.69) is 5.73 Å². The van der Waals surface area contributed by atoms with Crippen LogP contribution < -0.4 is 5.73 Å². The maximum atomic E-state index is 13.7. The molecule has 0 amide bonds. The summed E-state index contributed by atoms with van der Waals surface area (Å²) in [6, 6.07) is 0. The summed E-state index contributed by atoms with van der Waals surface area (Å²) in [5.74, 6) is -24.5. The van der Waals surface area contributed by atoms with Crippen molar-refractivity contribution in [2.75, 3.05) is 5.75 Å². The highest BCUT2D eigenvalue weighted by molar-refractivity contribution is 7.86. The van der Waals surface area contributed by atoms with Gasteiger partial charge in [-0.05, 0) is 0 Å². The van der Waals surface area contributed by atoms with E-state index in [1.807, 2.05) is 0 Å². The summed E-state index contributed by atoms with van der Waals surface area (Å²) in [7, 11) is -5.57. The van der Waals surface area contributed by atoms with Gasteiger partial charge in [-0.15, -0.1) is 0 Å². The van der Waals surface area contributed by atoms with Crippen molar-refractivity contribution in [2.24, 2.45) is 5.73 Å². The fraction of sp³-hybridized carbons (Fsp3) is 1.00. The zero-order chi connectivity index (χ0) is 20.9. The molecular formula is C7H8F9NO6S2. The van der Waals surface area contributed by atoms with Crippen molar-refractivity contribution in [2.45, 2.75) is 34.9 Å². The topological polar surface area (TPSA) is 138 Å². The second-order valence-electron chi connectivity index (χ2n) is 4.53. The van der Waals surface area contributed by atoms with Crippen molar-refractivity contribution >= 4 is 21.2 Å². The van der Waals surface area contributed by atoms with Gasteiger partial charge in [-0.3, -0.25) is 4.55 Å². The van der Waals surface area contributed by atoms with Crippen LogP contribution >= 0.6 is 0 Å². The van der Waals surface area contributed by atoms with Gasteiger partial charge in [0, 0.05) is 0 Å². The maximum absolute atomic E-state index is 13.7. The fourth-order valence-electron chi connectivity index (χ4n) is 1.38. The Morgan fingerprint density at radius 1 is 0.920 bits per heavy atom. The summed E-state index contributed by atoms with van der Waals surface area (Å²) in [6.07, 6.45) is -11.1. The normalized spacial score (nSPS) is 20.0. The predicted molar refractivity (Wildman–Crippen MR) is 61.0 cm³/mol. The first-order valence-corrected chi connectivity index (χ1v) is 8.02. The SMILES string of the molecule is NC(C(O)CS(=O)(=O)O)(S(=O)O)C(F)(F)C(F)(F)C(F)(F)C(F)(F)F. The highest BCUT2D eigenvalue weighted by Gasteiger charge is 2.87. The Morgan fingerprint density at radius 3 is 1.52 bits per heavy atom. The highest BCUT2D eigenvalue weighted by Crippen LogP contribution is 2.56. The molecule has 7 nitrogen and oxygen atoms in total. The van der Waals surface area contributed by atoms with Gasteiger partial charge in [0.2, 0.25) is 4.87 Å². The number of aliphatic hydroxyl groups is 1. The molecule has 25 heavy (non-hydrogen) atoms. The lowest BCUT2D eigenvalue weighted by Gasteiger charge is -2.42. The standard InChI is InChI=1S/C7H8F9NO6S2/c8-4(9,5(10,11)6(12,13)7(14,15)16)3(17,24(19)20)2(18)1-25(21,22)23/h2,18H,1,17H2,(H,19,20)(H,21,22,23). The van der Waals surface area contributed by atoms with Crippen LogP contribution in [0.5, 0.6) is 0 Å². The van der Waals surface area contributed by atoms with Crippen molar-refractivity contribution in [1.82, 2.24) is 0 Å². The number of rotatable bonds is 7. The van der Waals surface area contributed by atoms with Crippen LogP contribution in [0.3, 0.4) is 0 Å². The molecular weight excluding hydrogens is 429 g/mol. The molecule has 0 spiro atoms. The molecule has 0 rings (SSSR count). The zero-order valence-electron chi connectivity index (χ0n) is 11.1. The van der Waals surface area contributed by atoms with Crippen molar-refractivity contribution in [1.29, 1.82) is 0 Å². The van der Waals surface area contributed by atoms with Gasteiger partial charge in [0.1, 0.15) is 11.9 Å². The lowest BCUT2D eigenvalue weighted by atomic mass is 9.94. The van der Waals surface area contributed by atoms with E-state index < -0.39 is 61.9 Å². The Kier molecular flexibility index (Phi) is 6.30. The number of hydrogen-bond acceptors (Lipinski definition) is 5. The first-order valence-electron chi connectivity index (χ1n) is 5.30. The van der Waals surface area contributed by atoms with Gasteiger partial charge in [-0.1, -0.05) is 0 Å². The third kappa shape index (κ3) is 3.87. The van der Waals surface area contributed by atoms with Gasteiger partial charge >= 0.3 is 23.9 Å². The van der Waals surface area contributed by atoms with E-state index in [4.69, 9.17) is 14.2 Å². The van der Waals surface area contributed by atoms with Crippen LogP contribution in [0.15, 0.2) is 0 Å². The van der Waals surface area contributed by atoms with Crippen LogP contribution in [0.2, 0.25) is 0 Å². The molecule has 0 aromatic carbocycles. The Bertz CT molecular complexity index is 635. The maximum Gasteiger partial charge on any atom is 0.460 e. The van der Waals surface area contributed by atoms with Crippen LogP contribution in [0.4, 0.5) is 39.5 Å². The van der Waals surface area contributed by atoms with E-state index in [1.54, 1.807) is 0 Å². The first kappa shape index (κ1) is 24.3. The molecule has 0 aromatic heterocycles. The van der Waals surface area contributed by atoms with Crippen molar-refractivity contribution in [3.8, 4) is 0 Å². The molecule has 18 heteroatoms. The summed E-state index contributed by atoms with van der Waals surface area (Å²) in [4.78, 5) is -5.25. The van der Waals surface area contributed by atoms with E-state index in [1.165, 1.54) is 0 Å². The van der Waals surface area contributed by atoms with Gasteiger partial charge in [-0.2, -0.15) is 47.9 Å². The molecule has 0 saturated heterocycles. The van der Waals surface area contributed by atoms with Crippen LogP contribution in [-0.4, -0.2) is 67.5 Å². The van der Waals surface area contributed by atoms with Crippen LogP contribution in [0, 0.1) is 0 Å². The minimum Gasteiger partial charge on any atom is -0.389 e. The van der Waals surface area contributed by atoms with Gasteiger partial charge < -0.3 is 15.4 Å². The van der Waals surface area contributed by atoms with E-state index >= 15 is 0 Å². The molecule has 152 valence electrons. The molecule has 3 atom stereocenters. The van der Waals surface area contributed by atoms with E-state index in [0.29, 0.717) is 0 Å². The molecule has 3 unspecified atom stereocenters. The minimum absolute atomic E-state index is 2.46. The fourth-order valence-corrected chi connectivity index (χ4v) is 2.81. The molecule has 0 aliphatic carbocycles. The summed E-state index contributed by atoms with van der Waals surface area (Å²) in [5, 5.41) is 9.09. The molecule has 0 aliphatic rings. The summed E-state index contributed by atoms with van der Waals surface area (Å²) in [5.41, 5.74) is 4.29. The number of aliphatic hydroxyl groups excluding tert-OH is 1. The number of halogens is 9. The van der Waals surface area contributed by atoms with Gasteiger partial charge in [-0.25, -0.2) is 4.21 Å². The third-order valence-electron chi connectivity index (χ3n) is 2.79. The number of hydrogen-bond donors (Lipinski definition) is 4. The second kappa shape index (κ2) is 6.48. The molecule has 0 heterocycles. The molecule has 0 bridgehead atoms.